The van der Waals surface area contributed by atoms with Crippen LogP contribution in [-0.4, -0.2) is 36.8 Å². The number of hydrogen-bond acceptors (Lipinski definition) is 5. The normalized spacial score (nSPS) is 11.8. The number of nitrogens with two attached hydrogens (primary N) is 1. The average Bonchev–Trinajstić information content (AvgIpc) is 2.91. The largest absolute Gasteiger partial charge is 0.497 e. The number of aromatic nitrogens is 2. The van der Waals surface area contributed by atoms with Gasteiger partial charge in [-0.15, -0.1) is 0 Å². The minimum atomic E-state index is -3.68. The van der Waals surface area contributed by atoms with Crippen molar-refractivity contribution in [1.82, 2.24) is 14.3 Å². The summed E-state index contributed by atoms with van der Waals surface area (Å²) in [5, 5.41) is 0. The van der Waals surface area contributed by atoms with Crippen LogP contribution in [0.25, 0.3) is 0 Å². The highest BCUT2D eigenvalue weighted by Crippen LogP contribution is 2.26. The molecule has 0 spiro atoms. The maximum Gasteiger partial charge on any atom is 0.245 e. The Morgan fingerprint density at radius 1 is 1.45 bits per heavy atom. The van der Waals surface area contributed by atoms with E-state index in [9.17, 15) is 8.42 Å². The van der Waals surface area contributed by atoms with Crippen molar-refractivity contribution < 1.29 is 13.2 Å². The summed E-state index contributed by atoms with van der Waals surface area (Å²) < 4.78 is 31.1. The standard InChI is InChI=1S/C12H16N4O3S/c1-16(8-12-14-5-6-15-12)20(17,18)11-4-3-9(19-2)7-10(11)13/h3-7H,8,13H2,1-2H3,(H,14,15). The molecule has 3 N–H and O–H groups in total. The van der Waals surface area contributed by atoms with Gasteiger partial charge in [-0.3, -0.25) is 0 Å². The number of methoxy groups -OCH3 is 1. The summed E-state index contributed by atoms with van der Waals surface area (Å²) in [6.07, 6.45) is 3.20. The number of hydrogen-bond donors (Lipinski definition) is 2. The topological polar surface area (TPSA) is 101 Å². The molecule has 0 aliphatic heterocycles. The summed E-state index contributed by atoms with van der Waals surface area (Å²) in [7, 11) is -0.712. The van der Waals surface area contributed by atoms with Crippen LogP contribution in [0.5, 0.6) is 5.75 Å². The van der Waals surface area contributed by atoms with E-state index in [2.05, 4.69) is 9.97 Å². The molecular weight excluding hydrogens is 280 g/mol. The molecule has 0 radical (unpaired) electrons. The highest BCUT2D eigenvalue weighted by molar-refractivity contribution is 7.89. The van der Waals surface area contributed by atoms with Gasteiger partial charge in [-0.2, -0.15) is 4.31 Å². The zero-order valence-corrected chi connectivity index (χ0v) is 12.0. The molecule has 0 bridgehead atoms. The Hall–Kier alpha value is -2.06. The number of nitrogen functional groups attached to an aromatic ring is 1. The van der Waals surface area contributed by atoms with E-state index in [1.165, 1.54) is 30.6 Å². The van der Waals surface area contributed by atoms with E-state index in [0.29, 0.717) is 11.6 Å². The van der Waals surface area contributed by atoms with E-state index in [1.807, 2.05) is 0 Å². The fourth-order valence-corrected chi connectivity index (χ4v) is 2.96. The summed E-state index contributed by atoms with van der Waals surface area (Å²) in [6, 6.07) is 4.47. The highest BCUT2D eigenvalue weighted by atomic mass is 32.2. The van der Waals surface area contributed by atoms with Gasteiger partial charge < -0.3 is 15.5 Å². The molecule has 1 heterocycles. The van der Waals surface area contributed by atoms with Crippen molar-refractivity contribution >= 4 is 15.7 Å². The molecule has 7 nitrogen and oxygen atoms in total. The van der Waals surface area contributed by atoms with Gasteiger partial charge in [-0.25, -0.2) is 13.4 Å². The number of benzene rings is 1. The second kappa shape index (κ2) is 5.51. The van der Waals surface area contributed by atoms with Crippen molar-refractivity contribution in [2.24, 2.45) is 0 Å². The minimum absolute atomic E-state index is 0.0485. The lowest BCUT2D eigenvalue weighted by molar-refractivity contribution is 0.414. The molecular formula is C12H16N4O3S. The van der Waals surface area contributed by atoms with Gasteiger partial charge in [0.2, 0.25) is 10.0 Å². The summed E-state index contributed by atoms with van der Waals surface area (Å²) in [5.74, 6) is 1.07. The van der Waals surface area contributed by atoms with Gasteiger partial charge in [-0.1, -0.05) is 0 Å². The number of nitrogens with zero attached hydrogens (tertiary/aromatic N) is 2. The van der Waals surface area contributed by atoms with Gasteiger partial charge >= 0.3 is 0 Å². The predicted molar refractivity (Wildman–Crippen MR) is 74.6 cm³/mol. The van der Waals surface area contributed by atoms with Gasteiger partial charge in [0, 0.05) is 25.5 Å². The molecule has 0 aliphatic carbocycles. The Bertz CT molecular complexity index is 683. The van der Waals surface area contributed by atoms with Crippen LogP contribution in [0.15, 0.2) is 35.5 Å². The zero-order chi connectivity index (χ0) is 14.8. The molecule has 2 aromatic rings. The van der Waals surface area contributed by atoms with E-state index in [-0.39, 0.29) is 17.1 Å². The summed E-state index contributed by atoms with van der Waals surface area (Å²) >= 11 is 0. The van der Waals surface area contributed by atoms with Gasteiger partial charge in [0.05, 0.1) is 19.3 Å². The molecule has 20 heavy (non-hydrogen) atoms. The number of anilines is 1. The fourth-order valence-electron chi connectivity index (χ4n) is 1.74. The van der Waals surface area contributed by atoms with Crippen molar-refractivity contribution in [3.05, 3.63) is 36.4 Å². The molecule has 1 aromatic heterocycles. The van der Waals surface area contributed by atoms with Crippen LogP contribution in [-0.2, 0) is 16.6 Å². The van der Waals surface area contributed by atoms with Crippen LogP contribution in [0.3, 0.4) is 0 Å². The summed E-state index contributed by atoms with van der Waals surface area (Å²) in [5.41, 5.74) is 5.93. The highest BCUT2D eigenvalue weighted by Gasteiger charge is 2.24. The Morgan fingerprint density at radius 3 is 2.75 bits per heavy atom. The Labute approximate surface area is 117 Å². The number of nitrogens with one attached hydrogen (secondary N) is 1. The van der Waals surface area contributed by atoms with Crippen LogP contribution in [0.1, 0.15) is 5.82 Å². The van der Waals surface area contributed by atoms with Gasteiger partial charge in [-0.05, 0) is 12.1 Å². The minimum Gasteiger partial charge on any atom is -0.497 e. The summed E-state index contributed by atoms with van der Waals surface area (Å²) in [6.45, 7) is 0.140. The van der Waals surface area contributed by atoms with E-state index in [4.69, 9.17) is 10.5 Å². The molecule has 0 aliphatic rings. The van der Waals surface area contributed by atoms with E-state index in [1.54, 1.807) is 18.5 Å². The Morgan fingerprint density at radius 2 is 2.20 bits per heavy atom. The molecule has 0 saturated carbocycles. The first-order valence-electron chi connectivity index (χ1n) is 5.83. The number of sulfonamides is 1. The van der Waals surface area contributed by atoms with Crippen LogP contribution < -0.4 is 10.5 Å². The number of ether oxygens (including phenoxy) is 1. The van der Waals surface area contributed by atoms with Gasteiger partial charge in [0.15, 0.2) is 0 Å². The number of imidazole rings is 1. The lowest BCUT2D eigenvalue weighted by atomic mass is 10.3. The van der Waals surface area contributed by atoms with Gasteiger partial charge in [0.25, 0.3) is 0 Å². The molecule has 0 unspecified atom stereocenters. The molecule has 0 saturated heterocycles. The molecule has 0 amide bonds. The molecule has 2 rings (SSSR count). The third-order valence-electron chi connectivity index (χ3n) is 2.83. The smallest absolute Gasteiger partial charge is 0.245 e. The van der Waals surface area contributed by atoms with Crippen molar-refractivity contribution in [2.75, 3.05) is 19.9 Å². The fraction of sp³-hybridized carbons (Fsp3) is 0.250. The van der Waals surface area contributed by atoms with Crippen LogP contribution >= 0.6 is 0 Å². The van der Waals surface area contributed by atoms with E-state index < -0.39 is 10.0 Å². The van der Waals surface area contributed by atoms with Gasteiger partial charge in [0.1, 0.15) is 16.5 Å². The maximum absolute atomic E-state index is 12.4. The first-order chi connectivity index (χ1) is 9.45. The van der Waals surface area contributed by atoms with E-state index in [0.717, 1.165) is 0 Å². The molecule has 1 aromatic carbocycles. The molecule has 108 valence electrons. The maximum atomic E-state index is 12.4. The number of H-pyrrole nitrogens is 1. The lowest BCUT2D eigenvalue weighted by Gasteiger charge is -2.17. The van der Waals surface area contributed by atoms with Crippen molar-refractivity contribution in [2.45, 2.75) is 11.4 Å². The predicted octanol–water partition coefficient (Wildman–Crippen LogP) is 0.821. The first-order valence-corrected chi connectivity index (χ1v) is 7.27. The second-order valence-corrected chi connectivity index (χ2v) is 6.21. The number of aromatic amines is 1. The molecule has 0 fully saturated rings. The van der Waals surface area contributed by atoms with Crippen LogP contribution in [0.4, 0.5) is 5.69 Å². The third-order valence-corrected chi connectivity index (χ3v) is 4.71. The zero-order valence-electron chi connectivity index (χ0n) is 11.2. The average molecular weight is 296 g/mol. The summed E-state index contributed by atoms with van der Waals surface area (Å²) in [4.78, 5) is 6.90. The van der Waals surface area contributed by atoms with Crippen molar-refractivity contribution in [3.8, 4) is 5.75 Å². The number of rotatable bonds is 5. The van der Waals surface area contributed by atoms with Crippen LogP contribution in [0, 0.1) is 0 Å². The SMILES string of the molecule is COc1ccc(S(=O)(=O)N(C)Cc2ncc[nH]2)c(N)c1. The first kappa shape index (κ1) is 14.4. The van der Waals surface area contributed by atoms with E-state index >= 15 is 0 Å². The van der Waals surface area contributed by atoms with Crippen molar-refractivity contribution in [3.63, 3.8) is 0 Å². The quantitative estimate of drug-likeness (QED) is 0.795. The molecule has 0 atom stereocenters. The second-order valence-electron chi connectivity index (χ2n) is 4.20. The third kappa shape index (κ3) is 2.75. The lowest BCUT2D eigenvalue weighted by Crippen LogP contribution is -2.27. The Kier molecular flexibility index (Phi) is 3.96. The Balaban J connectivity index is 2.30. The van der Waals surface area contributed by atoms with Crippen LogP contribution in [0.2, 0.25) is 0 Å². The molecule has 8 heteroatoms. The van der Waals surface area contributed by atoms with Crippen molar-refractivity contribution in [1.29, 1.82) is 0 Å². The monoisotopic (exact) mass is 296 g/mol.